The van der Waals surface area contributed by atoms with E-state index < -0.39 is 23.7 Å². The number of carboxylic acid groups (broad SMARTS) is 1. The summed E-state index contributed by atoms with van der Waals surface area (Å²) in [5.41, 5.74) is -0.711. The van der Waals surface area contributed by atoms with Crippen molar-refractivity contribution in [1.29, 1.82) is 0 Å². The number of amides is 2. The van der Waals surface area contributed by atoms with Gasteiger partial charge in [-0.1, -0.05) is 15.9 Å². The number of alkyl carbamates (subject to hydrolysis) is 1. The average Bonchev–Trinajstić information content (AvgIpc) is 2.66. The van der Waals surface area contributed by atoms with Gasteiger partial charge in [0.1, 0.15) is 11.6 Å². The molecule has 0 aliphatic carbocycles. The molecule has 2 amide bonds. The van der Waals surface area contributed by atoms with E-state index in [9.17, 15) is 19.5 Å². The third-order valence-corrected chi connectivity index (χ3v) is 3.82. The van der Waals surface area contributed by atoms with Crippen molar-refractivity contribution in [2.45, 2.75) is 38.8 Å². The lowest BCUT2D eigenvalue weighted by molar-refractivity contribution is -0.140. The van der Waals surface area contributed by atoms with Gasteiger partial charge in [0.2, 0.25) is 5.91 Å². The van der Waals surface area contributed by atoms with Gasteiger partial charge in [-0.15, -0.1) is 0 Å². The molecule has 2 atom stereocenters. The van der Waals surface area contributed by atoms with Gasteiger partial charge in [0.05, 0.1) is 6.54 Å². The molecule has 1 rings (SSSR count). The highest BCUT2D eigenvalue weighted by molar-refractivity contribution is 9.09. The molecule has 1 fully saturated rings. The van der Waals surface area contributed by atoms with Crippen LogP contribution in [0, 0.1) is 5.92 Å². The van der Waals surface area contributed by atoms with Crippen molar-refractivity contribution in [2.24, 2.45) is 5.92 Å². The van der Waals surface area contributed by atoms with Crippen LogP contribution in [0.2, 0.25) is 0 Å². The van der Waals surface area contributed by atoms with Gasteiger partial charge in [0.15, 0.2) is 0 Å². The van der Waals surface area contributed by atoms with E-state index in [4.69, 9.17) is 4.74 Å². The van der Waals surface area contributed by atoms with Gasteiger partial charge < -0.3 is 20.1 Å². The van der Waals surface area contributed by atoms with Gasteiger partial charge >= 0.3 is 12.1 Å². The molecule has 0 aromatic carbocycles. The predicted octanol–water partition coefficient (Wildman–Crippen LogP) is 1.21. The minimum absolute atomic E-state index is 0.0586. The highest BCUT2D eigenvalue weighted by atomic mass is 79.9. The first-order valence-electron chi connectivity index (χ1n) is 6.68. The second-order valence-electron chi connectivity index (χ2n) is 6.06. The number of halogens is 1. The molecule has 1 heterocycles. The van der Waals surface area contributed by atoms with Gasteiger partial charge in [-0.3, -0.25) is 4.79 Å². The zero-order valence-electron chi connectivity index (χ0n) is 12.4. The van der Waals surface area contributed by atoms with E-state index in [-0.39, 0.29) is 18.4 Å². The van der Waals surface area contributed by atoms with Crippen LogP contribution in [0.3, 0.4) is 0 Å². The van der Waals surface area contributed by atoms with E-state index in [1.807, 2.05) is 0 Å². The van der Waals surface area contributed by atoms with Crippen LogP contribution in [0.5, 0.6) is 0 Å². The highest BCUT2D eigenvalue weighted by Crippen LogP contribution is 2.19. The summed E-state index contributed by atoms with van der Waals surface area (Å²) >= 11 is 3.31. The standard InChI is InChI=1S/C13H21BrN2O5/c1-13(2,3)21-12(20)15-9(11(18)19)7-16-6-8(5-14)4-10(16)17/h8-9H,4-7H2,1-3H3,(H,15,20)(H,18,19)/t8?,9-/m0/s1. The number of aliphatic carboxylic acids is 1. The molecule has 1 aliphatic rings. The Morgan fingerprint density at radius 1 is 1.52 bits per heavy atom. The second-order valence-corrected chi connectivity index (χ2v) is 6.71. The maximum absolute atomic E-state index is 11.8. The number of rotatable bonds is 5. The van der Waals surface area contributed by atoms with Crippen molar-refractivity contribution >= 4 is 33.9 Å². The van der Waals surface area contributed by atoms with E-state index in [1.54, 1.807) is 20.8 Å². The number of carbonyl (C=O) groups is 3. The fourth-order valence-corrected chi connectivity index (χ4v) is 2.42. The fraction of sp³-hybridized carbons (Fsp3) is 0.769. The van der Waals surface area contributed by atoms with E-state index in [0.29, 0.717) is 18.3 Å². The Labute approximate surface area is 132 Å². The Morgan fingerprint density at radius 2 is 2.14 bits per heavy atom. The number of hydrogen-bond donors (Lipinski definition) is 2. The Bertz CT molecular complexity index is 421. The van der Waals surface area contributed by atoms with Crippen LogP contribution < -0.4 is 5.32 Å². The molecule has 0 bridgehead atoms. The van der Waals surface area contributed by atoms with Crippen molar-refractivity contribution in [3.63, 3.8) is 0 Å². The Morgan fingerprint density at radius 3 is 2.57 bits per heavy atom. The third-order valence-electron chi connectivity index (χ3n) is 2.90. The molecular formula is C13H21BrN2O5. The molecule has 2 N–H and O–H groups in total. The molecule has 120 valence electrons. The third kappa shape index (κ3) is 5.91. The summed E-state index contributed by atoms with van der Waals surface area (Å²) in [6.07, 6.45) is -0.414. The number of nitrogens with zero attached hydrogens (tertiary/aromatic N) is 1. The predicted molar refractivity (Wildman–Crippen MR) is 79.3 cm³/mol. The minimum atomic E-state index is -1.20. The van der Waals surface area contributed by atoms with E-state index in [0.717, 1.165) is 0 Å². The van der Waals surface area contributed by atoms with Crippen molar-refractivity contribution in [2.75, 3.05) is 18.4 Å². The number of nitrogens with one attached hydrogen (secondary N) is 1. The number of carboxylic acids is 1. The molecule has 8 heteroatoms. The van der Waals surface area contributed by atoms with Gasteiger partial charge in [-0.05, 0) is 26.7 Å². The van der Waals surface area contributed by atoms with Crippen LogP contribution in [0.4, 0.5) is 4.79 Å². The number of alkyl halides is 1. The molecular weight excluding hydrogens is 344 g/mol. The van der Waals surface area contributed by atoms with Crippen molar-refractivity contribution in [3.8, 4) is 0 Å². The van der Waals surface area contributed by atoms with Gasteiger partial charge in [0.25, 0.3) is 0 Å². The fourth-order valence-electron chi connectivity index (χ4n) is 1.99. The Balaban J connectivity index is 2.60. The van der Waals surface area contributed by atoms with Gasteiger partial charge in [-0.25, -0.2) is 9.59 Å². The molecule has 1 saturated heterocycles. The summed E-state index contributed by atoms with van der Waals surface area (Å²) in [5, 5.41) is 12.1. The SMILES string of the molecule is CC(C)(C)OC(=O)N[C@@H](CN1CC(CBr)CC1=O)C(=O)O. The van der Waals surface area contributed by atoms with Crippen LogP contribution in [-0.2, 0) is 14.3 Å². The zero-order chi connectivity index (χ0) is 16.2. The molecule has 0 radical (unpaired) electrons. The number of hydrogen-bond acceptors (Lipinski definition) is 4. The Kier molecular flexibility index (Phi) is 6.00. The van der Waals surface area contributed by atoms with Crippen LogP contribution in [0.1, 0.15) is 27.2 Å². The summed E-state index contributed by atoms with van der Waals surface area (Å²) in [6, 6.07) is -1.18. The van der Waals surface area contributed by atoms with E-state index >= 15 is 0 Å². The summed E-state index contributed by atoms with van der Waals surface area (Å²) in [6.45, 7) is 5.49. The van der Waals surface area contributed by atoms with Crippen molar-refractivity contribution < 1.29 is 24.2 Å². The quantitative estimate of drug-likeness (QED) is 0.714. The first-order chi connectivity index (χ1) is 9.62. The van der Waals surface area contributed by atoms with Gasteiger partial charge in [-0.2, -0.15) is 0 Å². The zero-order valence-corrected chi connectivity index (χ0v) is 14.0. The lowest BCUT2D eigenvalue weighted by Gasteiger charge is -2.24. The average molecular weight is 365 g/mol. The maximum Gasteiger partial charge on any atom is 0.408 e. The second kappa shape index (κ2) is 7.11. The lowest BCUT2D eigenvalue weighted by Crippen LogP contribution is -2.50. The lowest BCUT2D eigenvalue weighted by atomic mass is 10.2. The smallest absolute Gasteiger partial charge is 0.408 e. The number of ether oxygens (including phenoxy) is 1. The van der Waals surface area contributed by atoms with Gasteiger partial charge in [0, 0.05) is 18.3 Å². The monoisotopic (exact) mass is 364 g/mol. The number of likely N-dealkylation sites (tertiary alicyclic amines) is 1. The first kappa shape index (κ1) is 17.7. The molecule has 21 heavy (non-hydrogen) atoms. The molecule has 7 nitrogen and oxygen atoms in total. The summed E-state index contributed by atoms with van der Waals surface area (Å²) in [4.78, 5) is 36.1. The normalized spacial score (nSPS) is 20.3. The molecule has 0 aromatic heterocycles. The minimum Gasteiger partial charge on any atom is -0.480 e. The van der Waals surface area contributed by atoms with E-state index in [2.05, 4.69) is 21.2 Å². The molecule has 0 aromatic rings. The maximum atomic E-state index is 11.8. The summed E-state index contributed by atoms with van der Waals surface area (Å²) in [7, 11) is 0. The molecule has 0 saturated carbocycles. The molecule has 1 unspecified atom stereocenters. The Hall–Kier alpha value is -1.31. The number of carbonyl (C=O) groups excluding carboxylic acids is 2. The first-order valence-corrected chi connectivity index (χ1v) is 7.80. The largest absolute Gasteiger partial charge is 0.480 e. The van der Waals surface area contributed by atoms with Crippen molar-refractivity contribution in [3.05, 3.63) is 0 Å². The van der Waals surface area contributed by atoms with E-state index in [1.165, 1.54) is 4.90 Å². The van der Waals surface area contributed by atoms with Crippen LogP contribution in [-0.4, -0.2) is 58.0 Å². The summed E-state index contributed by atoms with van der Waals surface area (Å²) < 4.78 is 5.03. The van der Waals surface area contributed by atoms with Crippen molar-refractivity contribution in [1.82, 2.24) is 10.2 Å². The van der Waals surface area contributed by atoms with Crippen LogP contribution >= 0.6 is 15.9 Å². The van der Waals surface area contributed by atoms with Crippen LogP contribution in [0.15, 0.2) is 0 Å². The molecule has 1 aliphatic heterocycles. The topological polar surface area (TPSA) is 95.9 Å². The highest BCUT2D eigenvalue weighted by Gasteiger charge is 2.33. The summed E-state index contributed by atoms with van der Waals surface area (Å²) in [5.74, 6) is -1.12. The van der Waals surface area contributed by atoms with Crippen LogP contribution in [0.25, 0.3) is 0 Å². The molecule has 0 spiro atoms.